The Morgan fingerprint density at radius 3 is 2.29 bits per heavy atom. The first-order valence-corrected chi connectivity index (χ1v) is 5.91. The third-order valence-corrected chi connectivity index (χ3v) is 3.05. The minimum atomic E-state index is 0.767. The van der Waals surface area contributed by atoms with Crippen LogP contribution in [0.4, 0.5) is 11.4 Å². The van der Waals surface area contributed by atoms with Gasteiger partial charge in [-0.25, -0.2) is 0 Å². The van der Waals surface area contributed by atoms with Gasteiger partial charge < -0.3 is 11.5 Å². The Morgan fingerprint density at radius 1 is 0.882 bits per heavy atom. The number of nitrogen functional groups attached to an aromatic ring is 2. The van der Waals surface area contributed by atoms with E-state index < -0.39 is 0 Å². The fraction of sp³-hybridized carbons (Fsp3) is 0.200. The number of anilines is 2. The van der Waals surface area contributed by atoms with E-state index in [1.807, 2.05) is 18.2 Å². The van der Waals surface area contributed by atoms with Crippen molar-refractivity contribution in [1.82, 2.24) is 0 Å². The standard InChI is InChI=1S/C15H18N2/c1-2-11-5-3-4-6-12(11)9-13-10-14(16)7-8-15(13)17/h3-8,10H,2,9,16-17H2,1H3. The van der Waals surface area contributed by atoms with Gasteiger partial charge in [-0.05, 0) is 47.7 Å². The molecule has 0 saturated heterocycles. The third kappa shape index (κ3) is 2.59. The highest BCUT2D eigenvalue weighted by molar-refractivity contribution is 5.56. The van der Waals surface area contributed by atoms with E-state index in [0.29, 0.717) is 0 Å². The molecule has 0 aliphatic heterocycles. The van der Waals surface area contributed by atoms with Crippen LogP contribution in [-0.4, -0.2) is 0 Å². The van der Waals surface area contributed by atoms with E-state index in [0.717, 1.165) is 29.8 Å². The molecule has 88 valence electrons. The highest BCUT2D eigenvalue weighted by Crippen LogP contribution is 2.21. The van der Waals surface area contributed by atoms with Crippen LogP contribution in [0.3, 0.4) is 0 Å². The summed E-state index contributed by atoms with van der Waals surface area (Å²) in [5.74, 6) is 0. The zero-order valence-corrected chi connectivity index (χ0v) is 10.1. The Balaban J connectivity index is 2.34. The zero-order valence-electron chi connectivity index (χ0n) is 10.1. The van der Waals surface area contributed by atoms with Crippen LogP contribution in [-0.2, 0) is 12.8 Å². The molecular weight excluding hydrogens is 208 g/mol. The van der Waals surface area contributed by atoms with Gasteiger partial charge in [0.05, 0.1) is 0 Å². The second kappa shape index (κ2) is 4.91. The van der Waals surface area contributed by atoms with E-state index in [1.54, 1.807) is 0 Å². The normalized spacial score (nSPS) is 10.4. The van der Waals surface area contributed by atoms with Crippen molar-refractivity contribution in [2.45, 2.75) is 19.8 Å². The summed E-state index contributed by atoms with van der Waals surface area (Å²) in [5.41, 5.74) is 17.1. The predicted molar refractivity (Wildman–Crippen MR) is 73.9 cm³/mol. The van der Waals surface area contributed by atoms with Crippen molar-refractivity contribution in [2.75, 3.05) is 11.5 Å². The van der Waals surface area contributed by atoms with E-state index in [9.17, 15) is 0 Å². The van der Waals surface area contributed by atoms with Gasteiger partial charge in [0, 0.05) is 11.4 Å². The zero-order chi connectivity index (χ0) is 12.3. The number of nitrogens with two attached hydrogens (primary N) is 2. The van der Waals surface area contributed by atoms with Gasteiger partial charge >= 0.3 is 0 Å². The number of rotatable bonds is 3. The van der Waals surface area contributed by atoms with Crippen LogP contribution in [0.5, 0.6) is 0 Å². The molecule has 0 heterocycles. The molecule has 4 N–H and O–H groups in total. The summed E-state index contributed by atoms with van der Waals surface area (Å²) in [6.07, 6.45) is 1.89. The summed E-state index contributed by atoms with van der Waals surface area (Å²) in [6.45, 7) is 2.17. The van der Waals surface area contributed by atoms with Gasteiger partial charge in [-0.1, -0.05) is 31.2 Å². The molecule has 0 aliphatic rings. The van der Waals surface area contributed by atoms with E-state index in [1.165, 1.54) is 11.1 Å². The van der Waals surface area contributed by atoms with Gasteiger partial charge in [-0.3, -0.25) is 0 Å². The van der Waals surface area contributed by atoms with E-state index in [4.69, 9.17) is 11.5 Å². The minimum Gasteiger partial charge on any atom is -0.399 e. The fourth-order valence-electron chi connectivity index (χ4n) is 2.06. The summed E-state index contributed by atoms with van der Waals surface area (Å²) in [6, 6.07) is 14.1. The lowest BCUT2D eigenvalue weighted by atomic mass is 9.97. The maximum atomic E-state index is 5.97. The van der Waals surface area contributed by atoms with Crippen LogP contribution in [0.1, 0.15) is 23.6 Å². The largest absolute Gasteiger partial charge is 0.399 e. The third-order valence-electron chi connectivity index (χ3n) is 3.05. The maximum Gasteiger partial charge on any atom is 0.0351 e. The molecule has 2 aromatic carbocycles. The minimum absolute atomic E-state index is 0.767. The van der Waals surface area contributed by atoms with Gasteiger partial charge in [0.25, 0.3) is 0 Å². The summed E-state index contributed by atoms with van der Waals surface area (Å²) in [5, 5.41) is 0. The number of hydrogen-bond acceptors (Lipinski definition) is 2. The first kappa shape index (κ1) is 11.5. The van der Waals surface area contributed by atoms with Crippen LogP contribution in [0.15, 0.2) is 42.5 Å². The van der Waals surface area contributed by atoms with Gasteiger partial charge in [0.15, 0.2) is 0 Å². The van der Waals surface area contributed by atoms with Crippen LogP contribution in [0.2, 0.25) is 0 Å². The molecule has 2 aromatic rings. The summed E-state index contributed by atoms with van der Waals surface area (Å²) >= 11 is 0. The molecule has 0 saturated carbocycles. The average molecular weight is 226 g/mol. The predicted octanol–water partition coefficient (Wildman–Crippen LogP) is 3.00. The molecule has 2 nitrogen and oxygen atoms in total. The molecule has 0 bridgehead atoms. The molecule has 17 heavy (non-hydrogen) atoms. The molecule has 2 rings (SSSR count). The van der Waals surface area contributed by atoms with Crippen LogP contribution in [0, 0.1) is 0 Å². The lowest BCUT2D eigenvalue weighted by Gasteiger charge is -2.10. The Kier molecular flexibility index (Phi) is 3.33. The highest BCUT2D eigenvalue weighted by Gasteiger charge is 2.04. The van der Waals surface area contributed by atoms with E-state index in [2.05, 4.69) is 31.2 Å². The Labute approximate surface area is 102 Å². The Morgan fingerprint density at radius 2 is 1.59 bits per heavy atom. The van der Waals surface area contributed by atoms with Gasteiger partial charge in [0.2, 0.25) is 0 Å². The van der Waals surface area contributed by atoms with Gasteiger partial charge in [0.1, 0.15) is 0 Å². The first-order valence-electron chi connectivity index (χ1n) is 5.91. The van der Waals surface area contributed by atoms with Crippen LogP contribution in [0.25, 0.3) is 0 Å². The average Bonchev–Trinajstić information content (AvgIpc) is 2.34. The molecule has 0 radical (unpaired) electrons. The molecular formula is C15H18N2. The molecule has 0 aromatic heterocycles. The molecule has 0 atom stereocenters. The lowest BCUT2D eigenvalue weighted by molar-refractivity contribution is 1.06. The SMILES string of the molecule is CCc1ccccc1Cc1cc(N)ccc1N. The van der Waals surface area contributed by atoms with Gasteiger partial charge in [-0.15, -0.1) is 0 Å². The van der Waals surface area contributed by atoms with E-state index >= 15 is 0 Å². The maximum absolute atomic E-state index is 5.97. The van der Waals surface area contributed by atoms with Crippen molar-refractivity contribution < 1.29 is 0 Å². The molecule has 0 aliphatic carbocycles. The van der Waals surface area contributed by atoms with Crippen molar-refractivity contribution in [3.05, 3.63) is 59.2 Å². The highest BCUT2D eigenvalue weighted by atomic mass is 14.6. The molecule has 0 unspecified atom stereocenters. The van der Waals surface area contributed by atoms with E-state index in [-0.39, 0.29) is 0 Å². The molecule has 0 spiro atoms. The number of aryl methyl sites for hydroxylation is 1. The number of benzene rings is 2. The monoisotopic (exact) mass is 226 g/mol. The summed E-state index contributed by atoms with van der Waals surface area (Å²) in [4.78, 5) is 0. The quantitative estimate of drug-likeness (QED) is 0.790. The molecule has 0 fully saturated rings. The fourth-order valence-corrected chi connectivity index (χ4v) is 2.06. The number of hydrogen-bond donors (Lipinski definition) is 2. The van der Waals surface area contributed by atoms with Crippen molar-refractivity contribution >= 4 is 11.4 Å². The van der Waals surface area contributed by atoms with Gasteiger partial charge in [-0.2, -0.15) is 0 Å². The van der Waals surface area contributed by atoms with Crippen molar-refractivity contribution in [3.63, 3.8) is 0 Å². The second-order valence-corrected chi connectivity index (χ2v) is 4.26. The van der Waals surface area contributed by atoms with Crippen LogP contribution >= 0.6 is 0 Å². The second-order valence-electron chi connectivity index (χ2n) is 4.26. The topological polar surface area (TPSA) is 52.0 Å². The summed E-state index contributed by atoms with van der Waals surface area (Å²) in [7, 11) is 0. The summed E-state index contributed by atoms with van der Waals surface area (Å²) < 4.78 is 0. The molecule has 2 heteroatoms. The Bertz CT molecular complexity index is 518. The van der Waals surface area contributed by atoms with Crippen molar-refractivity contribution in [1.29, 1.82) is 0 Å². The smallest absolute Gasteiger partial charge is 0.0351 e. The van der Waals surface area contributed by atoms with Crippen molar-refractivity contribution in [3.8, 4) is 0 Å². The lowest BCUT2D eigenvalue weighted by Crippen LogP contribution is -2.00. The first-order chi connectivity index (χ1) is 8.20. The molecule has 0 amide bonds. The van der Waals surface area contributed by atoms with Crippen molar-refractivity contribution in [2.24, 2.45) is 0 Å². The Hall–Kier alpha value is -1.96. The van der Waals surface area contributed by atoms with Crippen LogP contribution < -0.4 is 11.5 Å².